The maximum absolute atomic E-state index is 12.2. The molecule has 0 bridgehead atoms. The lowest BCUT2D eigenvalue weighted by Gasteiger charge is -2.05. The number of hydrogen-bond acceptors (Lipinski definition) is 5. The fourth-order valence-electron chi connectivity index (χ4n) is 2.46. The van der Waals surface area contributed by atoms with Crippen molar-refractivity contribution in [1.29, 1.82) is 0 Å². The topological polar surface area (TPSA) is 67.2 Å². The van der Waals surface area contributed by atoms with Crippen molar-refractivity contribution < 1.29 is 4.79 Å². The van der Waals surface area contributed by atoms with Gasteiger partial charge in [-0.05, 0) is 43.7 Å². The average molecular weight is 455 g/mol. The first-order valence-electron chi connectivity index (χ1n) is 8.63. The Hall–Kier alpha value is -2.51. The summed E-state index contributed by atoms with van der Waals surface area (Å²) in [4.78, 5) is 21.1. The summed E-state index contributed by atoms with van der Waals surface area (Å²) in [7, 11) is 0. The van der Waals surface area contributed by atoms with E-state index in [2.05, 4.69) is 36.4 Å². The Morgan fingerprint density at radius 3 is 2.46 bits per heavy atom. The van der Waals surface area contributed by atoms with Gasteiger partial charge in [0.1, 0.15) is 0 Å². The monoisotopic (exact) mass is 454 g/mol. The molecule has 1 N–H and O–H groups in total. The molecule has 1 heterocycles. The highest BCUT2D eigenvalue weighted by Crippen LogP contribution is 2.20. The molecule has 0 saturated heterocycles. The van der Waals surface area contributed by atoms with Gasteiger partial charge in [-0.25, -0.2) is 15.4 Å². The van der Waals surface area contributed by atoms with E-state index in [0.29, 0.717) is 5.56 Å². The van der Waals surface area contributed by atoms with Crippen LogP contribution in [0.1, 0.15) is 32.9 Å². The highest BCUT2D eigenvalue weighted by Gasteiger charge is 2.06. The van der Waals surface area contributed by atoms with Gasteiger partial charge in [0, 0.05) is 32.7 Å². The number of thioether (sulfide) groups is 1. The van der Waals surface area contributed by atoms with E-state index in [-0.39, 0.29) is 5.91 Å². The van der Waals surface area contributed by atoms with Crippen molar-refractivity contribution in [3.05, 3.63) is 87.1 Å². The number of aromatic nitrogens is 2. The van der Waals surface area contributed by atoms with Gasteiger partial charge < -0.3 is 0 Å². The van der Waals surface area contributed by atoms with Gasteiger partial charge in [-0.3, -0.25) is 4.79 Å². The Balaban J connectivity index is 1.56. The average Bonchev–Trinajstić information content (AvgIpc) is 2.67. The molecule has 0 spiro atoms. The SMILES string of the molecule is Cc1cc(C)nc(SCc2ccc(C(=O)N/N=C\c3ccccc3Br)cc2)n1. The van der Waals surface area contributed by atoms with Gasteiger partial charge in [0.25, 0.3) is 5.91 Å². The fraction of sp³-hybridized carbons (Fsp3) is 0.143. The van der Waals surface area contributed by atoms with E-state index < -0.39 is 0 Å². The zero-order valence-electron chi connectivity index (χ0n) is 15.5. The van der Waals surface area contributed by atoms with Crippen LogP contribution in [0.4, 0.5) is 0 Å². The molecule has 0 aliphatic carbocycles. The number of nitrogens with zero attached hydrogens (tertiary/aromatic N) is 3. The van der Waals surface area contributed by atoms with Gasteiger partial charge in [0.05, 0.1) is 6.21 Å². The number of nitrogens with one attached hydrogen (secondary N) is 1. The Labute approximate surface area is 176 Å². The lowest BCUT2D eigenvalue weighted by Crippen LogP contribution is -2.17. The fourth-order valence-corrected chi connectivity index (χ4v) is 3.76. The lowest BCUT2D eigenvalue weighted by atomic mass is 10.1. The number of carbonyl (C=O) groups excluding carboxylic acids is 1. The maximum atomic E-state index is 12.2. The number of rotatable bonds is 6. The highest BCUT2D eigenvalue weighted by atomic mass is 79.9. The number of aryl methyl sites for hydroxylation is 2. The highest BCUT2D eigenvalue weighted by molar-refractivity contribution is 9.10. The predicted octanol–water partition coefficient (Wildman–Crippen LogP) is 4.91. The van der Waals surface area contributed by atoms with Crippen LogP contribution in [0.25, 0.3) is 0 Å². The summed E-state index contributed by atoms with van der Waals surface area (Å²) in [6.07, 6.45) is 1.61. The summed E-state index contributed by atoms with van der Waals surface area (Å²) >= 11 is 5.02. The van der Waals surface area contributed by atoms with Crippen molar-refractivity contribution in [3.63, 3.8) is 0 Å². The third kappa shape index (κ3) is 5.74. The molecule has 2 aromatic carbocycles. The smallest absolute Gasteiger partial charge is 0.267 e. The van der Waals surface area contributed by atoms with Crippen LogP contribution in [0, 0.1) is 13.8 Å². The van der Waals surface area contributed by atoms with Gasteiger partial charge in [0.2, 0.25) is 0 Å². The third-order valence-electron chi connectivity index (χ3n) is 3.82. The van der Waals surface area contributed by atoms with Crippen molar-refractivity contribution in [3.8, 4) is 0 Å². The summed E-state index contributed by atoms with van der Waals surface area (Å²) in [5.41, 5.74) is 7.02. The van der Waals surface area contributed by atoms with Crippen LogP contribution in [-0.2, 0) is 5.75 Å². The number of amides is 1. The molecule has 0 fully saturated rings. The van der Waals surface area contributed by atoms with Crippen LogP contribution in [0.5, 0.6) is 0 Å². The minimum absolute atomic E-state index is 0.250. The lowest BCUT2D eigenvalue weighted by molar-refractivity contribution is 0.0955. The second kappa shape index (κ2) is 9.61. The van der Waals surface area contributed by atoms with E-state index in [9.17, 15) is 4.79 Å². The number of halogens is 1. The van der Waals surface area contributed by atoms with Crippen LogP contribution in [0.3, 0.4) is 0 Å². The van der Waals surface area contributed by atoms with Gasteiger partial charge >= 0.3 is 0 Å². The molecule has 0 saturated carbocycles. The zero-order valence-corrected chi connectivity index (χ0v) is 17.9. The predicted molar refractivity (Wildman–Crippen MR) is 117 cm³/mol. The Bertz CT molecular complexity index is 985. The van der Waals surface area contributed by atoms with Crippen molar-refractivity contribution >= 4 is 39.8 Å². The Kier molecular flexibility index (Phi) is 6.95. The zero-order chi connectivity index (χ0) is 19.9. The van der Waals surface area contributed by atoms with Gasteiger partial charge in [-0.1, -0.05) is 58.0 Å². The summed E-state index contributed by atoms with van der Waals surface area (Å²) in [5, 5.41) is 4.78. The van der Waals surface area contributed by atoms with E-state index >= 15 is 0 Å². The molecule has 28 heavy (non-hydrogen) atoms. The molecule has 0 radical (unpaired) electrons. The van der Waals surface area contributed by atoms with Crippen LogP contribution >= 0.6 is 27.7 Å². The normalized spacial score (nSPS) is 11.0. The quantitative estimate of drug-likeness (QED) is 0.248. The third-order valence-corrected chi connectivity index (χ3v) is 5.46. The first-order chi connectivity index (χ1) is 13.5. The summed E-state index contributed by atoms with van der Waals surface area (Å²) < 4.78 is 0.919. The Morgan fingerprint density at radius 1 is 1.11 bits per heavy atom. The van der Waals surface area contributed by atoms with Gasteiger partial charge in [-0.2, -0.15) is 5.10 Å². The molecule has 1 aromatic heterocycles. The number of hydrazone groups is 1. The molecular formula is C21H19BrN4OS. The van der Waals surface area contributed by atoms with E-state index in [4.69, 9.17) is 0 Å². The molecular weight excluding hydrogens is 436 g/mol. The molecule has 0 aliphatic heterocycles. The van der Waals surface area contributed by atoms with Gasteiger partial charge in [-0.15, -0.1) is 0 Å². The van der Waals surface area contributed by atoms with Gasteiger partial charge in [0.15, 0.2) is 5.16 Å². The van der Waals surface area contributed by atoms with E-state index in [1.807, 2.05) is 56.3 Å². The van der Waals surface area contributed by atoms with E-state index in [1.165, 1.54) is 0 Å². The minimum Gasteiger partial charge on any atom is -0.267 e. The van der Waals surface area contributed by atoms with Crippen molar-refractivity contribution in [2.75, 3.05) is 0 Å². The standard InChI is InChI=1S/C21H19BrN4OS/c1-14-11-15(2)25-21(24-14)28-13-16-7-9-17(10-8-16)20(27)26-23-12-18-5-3-4-6-19(18)22/h3-12H,13H2,1-2H3,(H,26,27)/b23-12-. The summed E-state index contributed by atoms with van der Waals surface area (Å²) in [5.74, 6) is 0.491. The van der Waals surface area contributed by atoms with Crippen molar-refractivity contribution in [2.45, 2.75) is 24.8 Å². The molecule has 0 aliphatic rings. The first-order valence-corrected chi connectivity index (χ1v) is 10.4. The van der Waals surface area contributed by atoms with Crippen LogP contribution in [0.2, 0.25) is 0 Å². The molecule has 3 aromatic rings. The molecule has 7 heteroatoms. The van der Waals surface area contributed by atoms with Crippen LogP contribution in [-0.4, -0.2) is 22.1 Å². The molecule has 5 nitrogen and oxygen atoms in total. The van der Waals surface area contributed by atoms with E-state index in [0.717, 1.165) is 37.9 Å². The molecule has 1 amide bonds. The second-order valence-electron chi connectivity index (χ2n) is 6.14. The second-order valence-corrected chi connectivity index (χ2v) is 7.94. The largest absolute Gasteiger partial charge is 0.271 e. The number of carbonyl (C=O) groups is 1. The molecule has 3 rings (SSSR count). The molecule has 0 atom stereocenters. The summed E-state index contributed by atoms with van der Waals surface area (Å²) in [6.45, 7) is 3.93. The van der Waals surface area contributed by atoms with Crippen LogP contribution < -0.4 is 5.43 Å². The first kappa shape index (κ1) is 20.2. The number of benzene rings is 2. The Morgan fingerprint density at radius 2 is 1.79 bits per heavy atom. The van der Waals surface area contributed by atoms with Crippen molar-refractivity contribution in [2.24, 2.45) is 5.10 Å². The van der Waals surface area contributed by atoms with Crippen molar-refractivity contribution in [1.82, 2.24) is 15.4 Å². The molecule has 142 valence electrons. The minimum atomic E-state index is -0.250. The maximum Gasteiger partial charge on any atom is 0.271 e. The van der Waals surface area contributed by atoms with E-state index in [1.54, 1.807) is 30.1 Å². The molecule has 0 unspecified atom stereocenters. The van der Waals surface area contributed by atoms with Crippen LogP contribution in [0.15, 0.2) is 69.3 Å². The summed E-state index contributed by atoms with van der Waals surface area (Å²) in [6, 6.07) is 17.1. The number of hydrogen-bond donors (Lipinski definition) is 1.